The van der Waals surface area contributed by atoms with Gasteiger partial charge in [-0.1, -0.05) is 23.9 Å². The summed E-state index contributed by atoms with van der Waals surface area (Å²) in [6, 6.07) is 10.9. The molecule has 4 rings (SSSR count). The zero-order chi connectivity index (χ0) is 18.8. The normalized spacial score (nSPS) is 11.0. The van der Waals surface area contributed by atoms with Gasteiger partial charge in [-0.2, -0.15) is 5.10 Å². The van der Waals surface area contributed by atoms with Crippen LogP contribution in [0.15, 0.2) is 52.9 Å². The van der Waals surface area contributed by atoms with Crippen LogP contribution in [-0.2, 0) is 4.79 Å². The standard InChI is InChI=1S/C17H12N6O3S/c24-15(25)8-27-17-19-16(21-22-17)12-3-11(4-13(5-12)23-26)9-1-2-10-7-18-20-14(10)6-9/h1-7H,8H2,(H,18,20)(H,24,25)(H,19,21,22). The molecule has 0 saturated carbocycles. The van der Waals surface area contributed by atoms with Crippen LogP contribution in [0, 0.1) is 4.91 Å². The molecule has 0 amide bonds. The number of carbonyl (C=O) groups is 1. The Labute approximate surface area is 156 Å². The van der Waals surface area contributed by atoms with Crippen LogP contribution in [0.4, 0.5) is 5.69 Å². The molecule has 0 fully saturated rings. The molecule has 0 atom stereocenters. The van der Waals surface area contributed by atoms with E-state index in [0.29, 0.717) is 16.5 Å². The molecule has 2 aromatic heterocycles. The van der Waals surface area contributed by atoms with Gasteiger partial charge in [-0.3, -0.25) is 9.89 Å². The molecule has 0 radical (unpaired) electrons. The monoisotopic (exact) mass is 380 g/mol. The molecule has 2 heterocycles. The molecule has 134 valence electrons. The van der Waals surface area contributed by atoms with Crippen molar-refractivity contribution in [2.75, 3.05) is 5.75 Å². The highest BCUT2D eigenvalue weighted by Gasteiger charge is 2.12. The highest BCUT2D eigenvalue weighted by Crippen LogP contribution is 2.32. The minimum Gasteiger partial charge on any atom is -0.481 e. The maximum absolute atomic E-state index is 11.1. The third kappa shape index (κ3) is 3.55. The van der Waals surface area contributed by atoms with Crippen LogP contribution in [0.25, 0.3) is 33.4 Å². The molecule has 0 saturated heterocycles. The van der Waals surface area contributed by atoms with Crippen molar-refractivity contribution in [3.63, 3.8) is 0 Å². The number of rotatable bonds is 6. The predicted molar refractivity (Wildman–Crippen MR) is 101 cm³/mol. The molecule has 3 N–H and O–H groups in total. The predicted octanol–water partition coefficient (Wildman–Crippen LogP) is 3.59. The van der Waals surface area contributed by atoms with E-state index in [1.165, 1.54) is 0 Å². The lowest BCUT2D eigenvalue weighted by atomic mass is 10.0. The molecule has 0 aliphatic heterocycles. The van der Waals surface area contributed by atoms with Gasteiger partial charge in [0.1, 0.15) is 5.69 Å². The van der Waals surface area contributed by atoms with E-state index in [-0.39, 0.29) is 11.4 Å². The van der Waals surface area contributed by atoms with Crippen LogP contribution in [-0.4, -0.2) is 42.2 Å². The summed E-state index contributed by atoms with van der Waals surface area (Å²) in [4.78, 5) is 24.8. The summed E-state index contributed by atoms with van der Waals surface area (Å²) >= 11 is 1.03. The van der Waals surface area contributed by atoms with Crippen LogP contribution < -0.4 is 0 Å². The number of fused-ring (bicyclic) bond motifs is 1. The number of aromatic amines is 2. The maximum Gasteiger partial charge on any atom is 0.313 e. The lowest BCUT2D eigenvalue weighted by Crippen LogP contribution is -1.97. The Kier molecular flexibility index (Phi) is 4.38. The number of nitroso groups, excluding NO2 is 1. The minimum atomic E-state index is -0.943. The zero-order valence-corrected chi connectivity index (χ0v) is 14.5. The summed E-state index contributed by atoms with van der Waals surface area (Å²) < 4.78 is 0. The molecular formula is C17H12N6O3S. The topological polar surface area (TPSA) is 137 Å². The van der Waals surface area contributed by atoms with E-state index in [4.69, 9.17) is 5.11 Å². The summed E-state index contributed by atoms with van der Waals surface area (Å²) in [5.74, 6) is -0.640. The zero-order valence-electron chi connectivity index (χ0n) is 13.7. The van der Waals surface area contributed by atoms with Gasteiger partial charge in [0.05, 0.1) is 17.5 Å². The van der Waals surface area contributed by atoms with Crippen LogP contribution >= 0.6 is 11.8 Å². The number of H-pyrrole nitrogens is 2. The van der Waals surface area contributed by atoms with Crippen LogP contribution in [0.3, 0.4) is 0 Å². The van der Waals surface area contributed by atoms with Gasteiger partial charge < -0.3 is 10.1 Å². The van der Waals surface area contributed by atoms with Crippen molar-refractivity contribution < 1.29 is 9.90 Å². The van der Waals surface area contributed by atoms with Gasteiger partial charge in [0, 0.05) is 10.9 Å². The van der Waals surface area contributed by atoms with Gasteiger partial charge in [0.2, 0.25) is 0 Å². The fourth-order valence-corrected chi connectivity index (χ4v) is 3.18. The number of aliphatic carboxylic acids is 1. The first-order valence-corrected chi connectivity index (χ1v) is 8.80. The highest BCUT2D eigenvalue weighted by molar-refractivity contribution is 7.99. The van der Waals surface area contributed by atoms with E-state index in [9.17, 15) is 9.70 Å². The Hall–Kier alpha value is -3.53. The largest absolute Gasteiger partial charge is 0.481 e. The Morgan fingerprint density at radius 1 is 1.11 bits per heavy atom. The molecule has 0 aliphatic rings. The fourth-order valence-electron chi connectivity index (χ4n) is 2.66. The van der Waals surface area contributed by atoms with Crippen molar-refractivity contribution in [2.45, 2.75) is 5.16 Å². The second-order valence-corrected chi connectivity index (χ2v) is 6.66. The van der Waals surface area contributed by atoms with Gasteiger partial charge in [-0.15, -0.1) is 15.1 Å². The Balaban J connectivity index is 1.72. The van der Waals surface area contributed by atoms with Crippen LogP contribution in [0.5, 0.6) is 0 Å². The molecule has 0 aliphatic carbocycles. The lowest BCUT2D eigenvalue weighted by Gasteiger charge is -2.05. The van der Waals surface area contributed by atoms with Gasteiger partial charge >= 0.3 is 5.97 Å². The minimum absolute atomic E-state index is 0.125. The van der Waals surface area contributed by atoms with E-state index in [0.717, 1.165) is 33.8 Å². The van der Waals surface area contributed by atoms with E-state index in [1.54, 1.807) is 18.3 Å². The summed E-state index contributed by atoms with van der Waals surface area (Å²) in [7, 11) is 0. The quantitative estimate of drug-likeness (QED) is 0.343. The molecule has 0 unspecified atom stereocenters. The maximum atomic E-state index is 11.1. The van der Waals surface area contributed by atoms with Gasteiger partial charge in [0.15, 0.2) is 11.0 Å². The second-order valence-electron chi connectivity index (χ2n) is 5.69. The first-order valence-electron chi connectivity index (χ1n) is 7.82. The number of hydrogen-bond donors (Lipinski definition) is 3. The van der Waals surface area contributed by atoms with Crippen molar-refractivity contribution in [1.29, 1.82) is 0 Å². The second kappa shape index (κ2) is 7.00. The van der Waals surface area contributed by atoms with Crippen molar-refractivity contribution >= 4 is 34.3 Å². The van der Waals surface area contributed by atoms with Crippen molar-refractivity contribution in [3.8, 4) is 22.5 Å². The highest BCUT2D eigenvalue weighted by atomic mass is 32.2. The van der Waals surface area contributed by atoms with E-state index >= 15 is 0 Å². The van der Waals surface area contributed by atoms with E-state index in [1.807, 2.05) is 24.3 Å². The Morgan fingerprint density at radius 3 is 2.78 bits per heavy atom. The SMILES string of the molecule is O=Nc1cc(-c2ccc3cn[nH]c3c2)cc(-c2nnc(SCC(=O)O)[nH]2)c1. The van der Waals surface area contributed by atoms with Gasteiger partial charge in [-0.05, 0) is 40.6 Å². The number of nitrogens with one attached hydrogen (secondary N) is 2. The molecule has 0 bridgehead atoms. The number of nitrogens with zero attached hydrogens (tertiary/aromatic N) is 4. The smallest absolute Gasteiger partial charge is 0.313 e. The Bertz CT molecular complexity index is 1150. The average Bonchev–Trinajstić information content (AvgIpc) is 3.34. The third-order valence-corrected chi connectivity index (χ3v) is 4.72. The molecule has 2 aromatic carbocycles. The van der Waals surface area contributed by atoms with Crippen molar-refractivity contribution in [2.24, 2.45) is 5.18 Å². The van der Waals surface area contributed by atoms with Gasteiger partial charge in [-0.25, -0.2) is 0 Å². The number of carboxylic acid groups (broad SMARTS) is 1. The molecule has 10 heteroatoms. The molecule has 4 aromatic rings. The number of benzene rings is 2. The lowest BCUT2D eigenvalue weighted by molar-refractivity contribution is -0.133. The number of thioether (sulfide) groups is 1. The molecule has 0 spiro atoms. The van der Waals surface area contributed by atoms with Crippen molar-refractivity contribution in [3.05, 3.63) is 47.5 Å². The van der Waals surface area contributed by atoms with E-state index < -0.39 is 5.97 Å². The first-order chi connectivity index (χ1) is 13.1. The first kappa shape index (κ1) is 16.9. The summed E-state index contributed by atoms with van der Waals surface area (Å²) in [6.45, 7) is 0. The molecule has 9 nitrogen and oxygen atoms in total. The van der Waals surface area contributed by atoms with E-state index in [2.05, 4.69) is 30.6 Å². The summed E-state index contributed by atoms with van der Waals surface area (Å²) in [5, 5.41) is 28.1. The summed E-state index contributed by atoms with van der Waals surface area (Å²) in [6.07, 6.45) is 1.73. The number of hydrogen-bond acceptors (Lipinski definition) is 7. The van der Waals surface area contributed by atoms with Gasteiger partial charge in [0.25, 0.3) is 0 Å². The third-order valence-electron chi connectivity index (χ3n) is 3.87. The average molecular weight is 380 g/mol. The molecular weight excluding hydrogens is 368 g/mol. The number of aromatic nitrogens is 5. The molecule has 27 heavy (non-hydrogen) atoms. The summed E-state index contributed by atoms with van der Waals surface area (Å²) in [5.41, 5.74) is 3.43. The number of carboxylic acids is 1. The fraction of sp³-hybridized carbons (Fsp3) is 0.0588. The Morgan fingerprint density at radius 2 is 1.96 bits per heavy atom. The van der Waals surface area contributed by atoms with Crippen LogP contribution in [0.2, 0.25) is 0 Å². The van der Waals surface area contributed by atoms with Crippen molar-refractivity contribution in [1.82, 2.24) is 25.4 Å². The van der Waals surface area contributed by atoms with Crippen LogP contribution in [0.1, 0.15) is 0 Å².